The minimum absolute atomic E-state index is 0.0735. The fraction of sp³-hybridized carbons (Fsp3) is 0.812. The fourth-order valence-corrected chi connectivity index (χ4v) is 3.45. The van der Waals surface area contributed by atoms with Crippen molar-refractivity contribution in [2.45, 2.75) is 51.7 Å². The van der Waals surface area contributed by atoms with Gasteiger partial charge in [0.1, 0.15) is 0 Å². The Morgan fingerprint density at radius 2 is 2.10 bits per heavy atom. The van der Waals surface area contributed by atoms with Crippen LogP contribution in [0.4, 0.5) is 0 Å². The summed E-state index contributed by atoms with van der Waals surface area (Å²) in [6, 6.07) is 2.43. The summed E-state index contributed by atoms with van der Waals surface area (Å²) in [6.07, 6.45) is 4.12. The average molecular weight is 294 g/mol. The van der Waals surface area contributed by atoms with Crippen molar-refractivity contribution in [3.63, 3.8) is 0 Å². The smallest absolute Gasteiger partial charge is 0.0673 e. The minimum Gasteiger partial charge on any atom is -0.379 e. The van der Waals surface area contributed by atoms with Crippen LogP contribution < -0.4 is 5.32 Å². The lowest BCUT2D eigenvalue weighted by Crippen LogP contribution is -2.57. The molecule has 1 aromatic rings. The highest BCUT2D eigenvalue weighted by atomic mass is 16.5. The van der Waals surface area contributed by atoms with Gasteiger partial charge in [-0.3, -0.25) is 9.58 Å². The van der Waals surface area contributed by atoms with Crippen LogP contribution in [0.3, 0.4) is 0 Å². The van der Waals surface area contributed by atoms with Crippen molar-refractivity contribution in [3.8, 4) is 0 Å². The quantitative estimate of drug-likeness (QED) is 0.836. The number of likely N-dealkylation sites (N-methyl/N-ethyl adjacent to an activating group) is 1. The number of nitrogens with one attached hydrogen (secondary N) is 1. The summed E-state index contributed by atoms with van der Waals surface area (Å²) in [4.78, 5) is 2.57. The molecule has 0 saturated carbocycles. The lowest BCUT2D eigenvalue weighted by molar-refractivity contribution is -0.0330. The van der Waals surface area contributed by atoms with Crippen LogP contribution in [0.25, 0.3) is 0 Å². The summed E-state index contributed by atoms with van der Waals surface area (Å²) >= 11 is 0. The molecule has 2 atom stereocenters. The van der Waals surface area contributed by atoms with Crippen molar-refractivity contribution in [2.75, 3.05) is 33.4 Å². The predicted molar refractivity (Wildman–Crippen MR) is 85.4 cm³/mol. The van der Waals surface area contributed by atoms with Gasteiger partial charge in [-0.05, 0) is 32.9 Å². The number of hydrogen-bond donors (Lipinski definition) is 1. The Labute approximate surface area is 128 Å². The monoisotopic (exact) mass is 294 g/mol. The Bertz CT molecular complexity index is 428. The van der Waals surface area contributed by atoms with Crippen LogP contribution in [0.5, 0.6) is 0 Å². The highest BCUT2D eigenvalue weighted by Gasteiger charge is 2.40. The van der Waals surface area contributed by atoms with Gasteiger partial charge in [-0.15, -0.1) is 0 Å². The summed E-state index contributed by atoms with van der Waals surface area (Å²) < 4.78 is 7.67. The van der Waals surface area contributed by atoms with Crippen LogP contribution in [-0.2, 0) is 11.3 Å². The maximum atomic E-state index is 5.53. The van der Waals surface area contributed by atoms with E-state index in [9.17, 15) is 0 Å². The Balaban J connectivity index is 2.29. The Kier molecular flexibility index (Phi) is 5.79. The molecule has 1 N–H and O–H groups in total. The first-order chi connectivity index (χ1) is 10.2. The lowest BCUT2D eigenvalue weighted by atomic mass is 9.84. The number of nitrogens with zero attached hydrogens (tertiary/aromatic N) is 3. The second-order valence-electron chi connectivity index (χ2n) is 6.01. The lowest BCUT2D eigenvalue weighted by Gasteiger charge is -2.47. The van der Waals surface area contributed by atoms with Gasteiger partial charge in [-0.25, -0.2) is 0 Å². The third-order valence-corrected chi connectivity index (χ3v) is 4.84. The van der Waals surface area contributed by atoms with Crippen molar-refractivity contribution < 1.29 is 4.74 Å². The third-order valence-electron chi connectivity index (χ3n) is 4.84. The molecule has 0 aromatic carbocycles. The SMILES string of the molecule is CCCn1nccc1C(NC)C(C)(CC)N1CCOCC1. The zero-order valence-corrected chi connectivity index (χ0v) is 13.9. The molecule has 0 bridgehead atoms. The summed E-state index contributed by atoms with van der Waals surface area (Å²) in [6.45, 7) is 11.5. The number of ether oxygens (including phenoxy) is 1. The van der Waals surface area contributed by atoms with E-state index in [1.165, 1.54) is 5.69 Å². The molecule has 0 radical (unpaired) electrons. The molecule has 0 amide bonds. The summed E-state index contributed by atoms with van der Waals surface area (Å²) in [7, 11) is 2.06. The maximum absolute atomic E-state index is 5.53. The third kappa shape index (κ3) is 3.30. The van der Waals surface area contributed by atoms with Gasteiger partial charge in [0.05, 0.1) is 24.9 Å². The molecule has 2 unspecified atom stereocenters. The van der Waals surface area contributed by atoms with Crippen LogP contribution in [0.15, 0.2) is 12.3 Å². The van der Waals surface area contributed by atoms with E-state index >= 15 is 0 Å². The van der Waals surface area contributed by atoms with Gasteiger partial charge < -0.3 is 10.1 Å². The first-order valence-corrected chi connectivity index (χ1v) is 8.19. The van der Waals surface area contributed by atoms with Crippen LogP contribution in [0.1, 0.15) is 45.3 Å². The molecule has 5 nitrogen and oxygen atoms in total. The van der Waals surface area contributed by atoms with Crippen molar-refractivity contribution >= 4 is 0 Å². The maximum Gasteiger partial charge on any atom is 0.0673 e. The highest BCUT2D eigenvalue weighted by Crippen LogP contribution is 2.34. The van der Waals surface area contributed by atoms with Gasteiger partial charge in [-0.2, -0.15) is 5.10 Å². The molecule has 0 aliphatic carbocycles. The molecule has 1 saturated heterocycles. The van der Waals surface area contributed by atoms with E-state index in [1.54, 1.807) is 0 Å². The van der Waals surface area contributed by atoms with Gasteiger partial charge in [0.15, 0.2) is 0 Å². The Morgan fingerprint density at radius 3 is 2.67 bits per heavy atom. The van der Waals surface area contributed by atoms with Crippen molar-refractivity contribution in [3.05, 3.63) is 18.0 Å². The largest absolute Gasteiger partial charge is 0.379 e. The van der Waals surface area contributed by atoms with E-state index in [4.69, 9.17) is 4.74 Å². The van der Waals surface area contributed by atoms with Crippen molar-refractivity contribution in [1.29, 1.82) is 0 Å². The normalized spacial score (nSPS) is 21.1. The number of rotatable bonds is 7. The molecule has 1 aliphatic rings. The molecule has 21 heavy (non-hydrogen) atoms. The van der Waals surface area contributed by atoms with Gasteiger partial charge in [0.2, 0.25) is 0 Å². The topological polar surface area (TPSA) is 42.3 Å². The minimum atomic E-state index is 0.0735. The van der Waals surface area contributed by atoms with Gasteiger partial charge >= 0.3 is 0 Å². The molecule has 0 spiro atoms. The summed E-state index contributed by atoms with van der Waals surface area (Å²) in [5.74, 6) is 0. The van der Waals surface area contributed by atoms with Gasteiger partial charge in [0, 0.05) is 31.4 Å². The Morgan fingerprint density at radius 1 is 1.38 bits per heavy atom. The molecule has 1 fully saturated rings. The second-order valence-corrected chi connectivity index (χ2v) is 6.01. The van der Waals surface area contributed by atoms with E-state index in [2.05, 4.69) is 53.9 Å². The van der Waals surface area contributed by atoms with Crippen LogP contribution in [0.2, 0.25) is 0 Å². The molecule has 5 heteroatoms. The van der Waals surface area contributed by atoms with Crippen molar-refractivity contribution in [2.24, 2.45) is 0 Å². The standard InChI is InChI=1S/C16H30N4O/c1-5-9-20-14(7-8-18-20)15(17-4)16(3,6-2)19-10-12-21-13-11-19/h7-8,15,17H,5-6,9-13H2,1-4H3. The molecule has 2 rings (SSSR count). The summed E-state index contributed by atoms with van der Waals surface area (Å²) in [5, 5.41) is 8.05. The molecule has 120 valence electrons. The fourth-order valence-electron chi connectivity index (χ4n) is 3.45. The van der Waals surface area contributed by atoms with Gasteiger partial charge in [-0.1, -0.05) is 13.8 Å². The molecular formula is C16H30N4O. The highest BCUT2D eigenvalue weighted by molar-refractivity contribution is 5.15. The average Bonchev–Trinajstić information content (AvgIpc) is 2.97. The number of aromatic nitrogens is 2. The Hall–Kier alpha value is -0.910. The molecular weight excluding hydrogens is 264 g/mol. The van der Waals surface area contributed by atoms with E-state index in [0.29, 0.717) is 0 Å². The van der Waals surface area contributed by atoms with E-state index in [1.807, 2.05) is 6.20 Å². The zero-order valence-electron chi connectivity index (χ0n) is 13.9. The number of hydrogen-bond acceptors (Lipinski definition) is 4. The second kappa shape index (κ2) is 7.38. The van der Waals surface area contributed by atoms with Crippen LogP contribution in [0, 0.1) is 0 Å². The predicted octanol–water partition coefficient (Wildman–Crippen LogP) is 2.05. The first-order valence-electron chi connectivity index (χ1n) is 8.19. The zero-order chi connectivity index (χ0) is 15.3. The number of aryl methyl sites for hydroxylation is 1. The van der Waals surface area contributed by atoms with Crippen LogP contribution in [-0.4, -0.2) is 53.6 Å². The van der Waals surface area contributed by atoms with Crippen LogP contribution >= 0.6 is 0 Å². The van der Waals surface area contributed by atoms with Crippen molar-refractivity contribution in [1.82, 2.24) is 20.0 Å². The van der Waals surface area contributed by atoms with E-state index in [-0.39, 0.29) is 11.6 Å². The van der Waals surface area contributed by atoms with Gasteiger partial charge in [0.25, 0.3) is 0 Å². The molecule has 1 aliphatic heterocycles. The summed E-state index contributed by atoms with van der Waals surface area (Å²) in [5.41, 5.74) is 1.36. The van der Waals surface area contributed by atoms with E-state index in [0.717, 1.165) is 45.7 Å². The molecule has 2 heterocycles. The number of morpholine rings is 1. The molecule has 1 aromatic heterocycles. The first kappa shape index (κ1) is 16.5. The van der Waals surface area contributed by atoms with E-state index < -0.39 is 0 Å².